The fourth-order valence-electron chi connectivity index (χ4n) is 2.70. The van der Waals surface area contributed by atoms with Crippen molar-refractivity contribution >= 4 is 5.97 Å². The van der Waals surface area contributed by atoms with Gasteiger partial charge >= 0.3 is 5.97 Å². The SMILES string of the molecule is COc1ccc(CO[C@@H]2OC[C@H](O)[C@H](O)[C@H]2OC(=O)c2ccccc2)cc1. The van der Waals surface area contributed by atoms with Gasteiger partial charge in [0.15, 0.2) is 12.4 Å². The Morgan fingerprint density at radius 2 is 1.81 bits per heavy atom. The first-order valence-corrected chi connectivity index (χ1v) is 8.57. The van der Waals surface area contributed by atoms with E-state index < -0.39 is 30.6 Å². The van der Waals surface area contributed by atoms with Gasteiger partial charge in [0.2, 0.25) is 0 Å². The van der Waals surface area contributed by atoms with Crippen LogP contribution in [0.3, 0.4) is 0 Å². The summed E-state index contributed by atoms with van der Waals surface area (Å²) in [6.45, 7) is 0.0602. The quantitative estimate of drug-likeness (QED) is 0.740. The molecule has 1 heterocycles. The van der Waals surface area contributed by atoms with Crippen molar-refractivity contribution in [1.29, 1.82) is 0 Å². The maximum atomic E-state index is 12.3. The van der Waals surface area contributed by atoms with E-state index in [0.717, 1.165) is 11.3 Å². The van der Waals surface area contributed by atoms with Gasteiger partial charge in [-0.15, -0.1) is 0 Å². The van der Waals surface area contributed by atoms with Crippen LogP contribution in [0.2, 0.25) is 0 Å². The molecule has 0 aromatic heterocycles. The molecule has 0 aliphatic carbocycles. The highest BCUT2D eigenvalue weighted by molar-refractivity contribution is 5.89. The van der Waals surface area contributed by atoms with Crippen molar-refractivity contribution in [3.8, 4) is 5.75 Å². The molecule has 0 bridgehead atoms. The van der Waals surface area contributed by atoms with Gasteiger partial charge in [-0.2, -0.15) is 0 Å². The first kappa shape index (κ1) is 19.3. The van der Waals surface area contributed by atoms with Crippen molar-refractivity contribution in [1.82, 2.24) is 0 Å². The molecule has 0 unspecified atom stereocenters. The number of carbonyl (C=O) groups is 1. The Morgan fingerprint density at radius 1 is 1.11 bits per heavy atom. The smallest absolute Gasteiger partial charge is 0.338 e. The molecule has 0 spiro atoms. The fourth-order valence-corrected chi connectivity index (χ4v) is 2.70. The summed E-state index contributed by atoms with van der Waals surface area (Å²) >= 11 is 0. The fraction of sp³-hybridized carbons (Fsp3) is 0.350. The molecule has 1 fully saturated rings. The highest BCUT2D eigenvalue weighted by Crippen LogP contribution is 2.23. The summed E-state index contributed by atoms with van der Waals surface area (Å²) in [6.07, 6.45) is -4.63. The van der Waals surface area contributed by atoms with Gasteiger partial charge in [0.05, 0.1) is 25.9 Å². The van der Waals surface area contributed by atoms with Crippen molar-refractivity contribution in [2.24, 2.45) is 0 Å². The lowest BCUT2D eigenvalue weighted by molar-refractivity contribution is -0.272. The van der Waals surface area contributed by atoms with E-state index in [-0.39, 0.29) is 13.2 Å². The number of benzene rings is 2. The molecule has 27 heavy (non-hydrogen) atoms. The maximum Gasteiger partial charge on any atom is 0.338 e. The number of aliphatic hydroxyl groups excluding tert-OH is 2. The van der Waals surface area contributed by atoms with Gasteiger partial charge in [-0.1, -0.05) is 30.3 Å². The molecule has 1 saturated heterocycles. The molecule has 7 nitrogen and oxygen atoms in total. The molecule has 2 aromatic rings. The third kappa shape index (κ3) is 4.84. The normalized spacial score (nSPS) is 25.0. The lowest BCUT2D eigenvalue weighted by Gasteiger charge is -2.37. The molecule has 0 amide bonds. The summed E-state index contributed by atoms with van der Waals surface area (Å²) < 4.78 is 21.6. The average Bonchev–Trinajstić information content (AvgIpc) is 2.71. The van der Waals surface area contributed by atoms with Crippen molar-refractivity contribution in [2.75, 3.05) is 13.7 Å². The predicted molar refractivity (Wildman–Crippen MR) is 95.2 cm³/mol. The van der Waals surface area contributed by atoms with Crippen LogP contribution < -0.4 is 4.74 Å². The standard InChI is InChI=1S/C20H22O7/c1-24-15-9-7-13(8-10-15)11-25-20-18(17(22)16(21)12-26-20)27-19(23)14-5-3-2-4-6-14/h2-10,16-18,20-22H,11-12H2,1H3/t16-,17-,18+,20+/m0/s1. The van der Waals surface area contributed by atoms with Crippen molar-refractivity contribution in [3.05, 3.63) is 65.7 Å². The van der Waals surface area contributed by atoms with Crippen LogP contribution in [0.4, 0.5) is 0 Å². The van der Waals surface area contributed by atoms with Crippen LogP contribution >= 0.6 is 0 Å². The zero-order valence-corrected chi connectivity index (χ0v) is 14.9. The molecule has 144 valence electrons. The summed E-state index contributed by atoms with van der Waals surface area (Å²) in [5, 5.41) is 20.1. The topological polar surface area (TPSA) is 94.5 Å². The van der Waals surface area contributed by atoms with E-state index >= 15 is 0 Å². The van der Waals surface area contributed by atoms with E-state index in [4.69, 9.17) is 18.9 Å². The van der Waals surface area contributed by atoms with Crippen molar-refractivity contribution < 1.29 is 34.0 Å². The minimum absolute atomic E-state index is 0.117. The second-order valence-corrected chi connectivity index (χ2v) is 6.15. The molecule has 7 heteroatoms. The molecule has 0 saturated carbocycles. The summed E-state index contributed by atoms with van der Waals surface area (Å²) in [4.78, 5) is 12.3. The molecular formula is C20H22O7. The zero-order chi connectivity index (χ0) is 19.2. The lowest BCUT2D eigenvalue weighted by Crippen LogP contribution is -2.55. The van der Waals surface area contributed by atoms with Gasteiger partial charge in [0, 0.05) is 0 Å². The predicted octanol–water partition coefficient (Wildman–Crippen LogP) is 1.52. The lowest BCUT2D eigenvalue weighted by atomic mass is 10.0. The summed E-state index contributed by atoms with van der Waals surface area (Å²) in [5.74, 6) is 0.0938. The summed E-state index contributed by atoms with van der Waals surface area (Å²) in [6, 6.07) is 15.6. The molecule has 1 aliphatic rings. The van der Waals surface area contributed by atoms with Gasteiger partial charge < -0.3 is 29.2 Å². The van der Waals surface area contributed by atoms with Crippen LogP contribution in [0.25, 0.3) is 0 Å². The highest BCUT2D eigenvalue weighted by Gasteiger charge is 2.42. The van der Waals surface area contributed by atoms with Crippen LogP contribution in [0.1, 0.15) is 15.9 Å². The first-order valence-electron chi connectivity index (χ1n) is 8.57. The van der Waals surface area contributed by atoms with Crippen LogP contribution in [0.5, 0.6) is 5.75 Å². The van der Waals surface area contributed by atoms with Gasteiger partial charge in [0.1, 0.15) is 18.0 Å². The van der Waals surface area contributed by atoms with Gasteiger partial charge in [-0.3, -0.25) is 0 Å². The van der Waals surface area contributed by atoms with Gasteiger partial charge in [-0.25, -0.2) is 4.79 Å². The van der Waals surface area contributed by atoms with Crippen LogP contribution in [-0.4, -0.2) is 54.5 Å². The number of carbonyl (C=O) groups excluding carboxylic acids is 1. The van der Waals surface area contributed by atoms with Gasteiger partial charge in [0.25, 0.3) is 0 Å². The first-order chi connectivity index (χ1) is 13.1. The number of hydrogen-bond donors (Lipinski definition) is 2. The summed E-state index contributed by atoms with van der Waals surface area (Å²) in [7, 11) is 1.58. The average molecular weight is 374 g/mol. The number of aliphatic hydroxyl groups is 2. The molecule has 2 N–H and O–H groups in total. The van der Waals surface area contributed by atoms with Crippen molar-refractivity contribution in [2.45, 2.75) is 31.2 Å². The van der Waals surface area contributed by atoms with Crippen molar-refractivity contribution in [3.63, 3.8) is 0 Å². The Bertz CT molecular complexity index is 732. The van der Waals surface area contributed by atoms with E-state index in [9.17, 15) is 15.0 Å². The number of esters is 1. The Hall–Kier alpha value is -2.45. The maximum absolute atomic E-state index is 12.3. The Morgan fingerprint density at radius 3 is 2.48 bits per heavy atom. The van der Waals surface area contributed by atoms with E-state index in [0.29, 0.717) is 5.56 Å². The molecular weight excluding hydrogens is 352 g/mol. The van der Waals surface area contributed by atoms with Crippen LogP contribution in [0, 0.1) is 0 Å². The minimum Gasteiger partial charge on any atom is -0.497 e. The Labute approximate surface area is 157 Å². The number of ether oxygens (including phenoxy) is 4. The zero-order valence-electron chi connectivity index (χ0n) is 14.9. The van der Waals surface area contributed by atoms with E-state index in [1.165, 1.54) is 0 Å². The second-order valence-electron chi connectivity index (χ2n) is 6.15. The monoisotopic (exact) mass is 374 g/mol. The third-order valence-electron chi connectivity index (χ3n) is 4.26. The molecule has 1 aliphatic heterocycles. The summed E-state index contributed by atoms with van der Waals surface area (Å²) in [5.41, 5.74) is 1.19. The van der Waals surface area contributed by atoms with E-state index in [2.05, 4.69) is 0 Å². The third-order valence-corrected chi connectivity index (χ3v) is 4.26. The van der Waals surface area contributed by atoms with Crippen LogP contribution in [0.15, 0.2) is 54.6 Å². The molecule has 3 rings (SSSR count). The van der Waals surface area contributed by atoms with E-state index in [1.54, 1.807) is 49.6 Å². The highest BCUT2D eigenvalue weighted by atomic mass is 16.7. The van der Waals surface area contributed by atoms with Crippen LogP contribution in [-0.2, 0) is 20.8 Å². The minimum atomic E-state index is -1.31. The number of methoxy groups -OCH3 is 1. The molecule has 2 aromatic carbocycles. The van der Waals surface area contributed by atoms with Gasteiger partial charge in [-0.05, 0) is 29.8 Å². The van der Waals surface area contributed by atoms with E-state index in [1.807, 2.05) is 12.1 Å². The second kappa shape index (κ2) is 8.96. The molecule has 0 radical (unpaired) electrons. The Kier molecular flexibility index (Phi) is 6.41. The molecule has 4 atom stereocenters. The largest absolute Gasteiger partial charge is 0.497 e. The number of rotatable bonds is 6. The number of hydrogen-bond acceptors (Lipinski definition) is 7. The Balaban J connectivity index is 1.66.